The highest BCUT2D eigenvalue weighted by atomic mass is 16.2. The molecule has 0 aromatic rings. The van der Waals surface area contributed by atoms with Crippen LogP contribution in [0.5, 0.6) is 0 Å². The fourth-order valence-corrected chi connectivity index (χ4v) is 0.887. The van der Waals surface area contributed by atoms with Gasteiger partial charge in [-0.2, -0.15) is 0 Å². The van der Waals surface area contributed by atoms with Gasteiger partial charge in [-0.15, -0.1) is 0 Å². The van der Waals surface area contributed by atoms with Crippen LogP contribution in [-0.2, 0) is 9.59 Å². The molecule has 0 spiro atoms. The third-order valence-corrected chi connectivity index (χ3v) is 1.73. The minimum absolute atomic E-state index is 0.0696. The Kier molecular flexibility index (Phi) is 7.50. The van der Waals surface area contributed by atoms with Gasteiger partial charge >= 0.3 is 0 Å². The van der Waals surface area contributed by atoms with Crippen molar-refractivity contribution in [3.63, 3.8) is 0 Å². The van der Waals surface area contributed by atoms with Crippen molar-refractivity contribution in [3.05, 3.63) is 12.7 Å². The van der Waals surface area contributed by atoms with E-state index in [1.54, 1.807) is 0 Å². The van der Waals surface area contributed by atoms with E-state index in [2.05, 4.69) is 17.2 Å². The zero-order chi connectivity index (χ0) is 10.8. The van der Waals surface area contributed by atoms with Gasteiger partial charge in [-0.05, 0) is 18.9 Å². The van der Waals surface area contributed by atoms with Crippen LogP contribution in [0.15, 0.2) is 12.7 Å². The number of hydrogen-bond acceptors (Lipinski definition) is 2. The van der Waals surface area contributed by atoms with E-state index in [0.29, 0.717) is 19.5 Å². The highest BCUT2D eigenvalue weighted by molar-refractivity contribution is 5.86. The Balaban J connectivity index is 3.18. The molecule has 0 saturated carbocycles. The Morgan fingerprint density at radius 2 is 1.79 bits per heavy atom. The van der Waals surface area contributed by atoms with Crippen molar-refractivity contribution in [2.75, 3.05) is 13.1 Å². The predicted molar refractivity (Wildman–Crippen MR) is 55.7 cm³/mol. The van der Waals surface area contributed by atoms with E-state index in [9.17, 15) is 9.59 Å². The van der Waals surface area contributed by atoms with Gasteiger partial charge in [0.25, 0.3) is 0 Å². The molecule has 4 nitrogen and oxygen atoms in total. The summed E-state index contributed by atoms with van der Waals surface area (Å²) in [4.78, 5) is 21.5. The van der Waals surface area contributed by atoms with Gasteiger partial charge in [0.15, 0.2) is 0 Å². The summed E-state index contributed by atoms with van der Waals surface area (Å²) in [5, 5.41) is 5.43. The van der Waals surface area contributed by atoms with Crippen molar-refractivity contribution in [1.82, 2.24) is 10.6 Å². The summed E-state index contributed by atoms with van der Waals surface area (Å²) in [5.41, 5.74) is 0. The van der Waals surface area contributed by atoms with Crippen LogP contribution in [0.1, 0.15) is 26.2 Å². The Morgan fingerprint density at radius 3 is 2.29 bits per heavy atom. The molecule has 0 aliphatic rings. The quantitative estimate of drug-likeness (QED) is 0.465. The first-order valence-corrected chi connectivity index (χ1v) is 4.87. The third-order valence-electron chi connectivity index (χ3n) is 1.73. The van der Waals surface area contributed by atoms with Gasteiger partial charge in [0.1, 0.15) is 0 Å². The largest absolute Gasteiger partial charge is 0.356 e. The summed E-state index contributed by atoms with van der Waals surface area (Å²) in [6, 6.07) is 0. The maximum Gasteiger partial charge on any atom is 0.243 e. The first-order valence-electron chi connectivity index (χ1n) is 4.87. The molecule has 0 aromatic heterocycles. The van der Waals surface area contributed by atoms with E-state index in [1.807, 2.05) is 6.92 Å². The highest BCUT2D eigenvalue weighted by Crippen LogP contribution is 1.85. The first kappa shape index (κ1) is 12.7. The average Bonchev–Trinajstić information content (AvgIpc) is 2.22. The Hall–Kier alpha value is -1.32. The lowest BCUT2D eigenvalue weighted by Crippen LogP contribution is -2.25. The molecule has 0 rings (SSSR count). The van der Waals surface area contributed by atoms with E-state index in [-0.39, 0.29) is 11.8 Å². The fourth-order valence-electron chi connectivity index (χ4n) is 0.887. The topological polar surface area (TPSA) is 58.2 Å². The number of nitrogens with one attached hydrogen (secondary N) is 2. The summed E-state index contributed by atoms with van der Waals surface area (Å²) in [5.74, 6) is -0.0808. The molecule has 0 bridgehead atoms. The SMILES string of the molecule is C=CC(=O)NCCCCNC(=O)CC. The Morgan fingerprint density at radius 1 is 1.21 bits per heavy atom. The maximum atomic E-state index is 10.8. The van der Waals surface area contributed by atoms with Gasteiger partial charge in [0.2, 0.25) is 11.8 Å². The Bertz CT molecular complexity index is 202. The number of amides is 2. The third kappa shape index (κ3) is 7.34. The molecule has 4 heteroatoms. The van der Waals surface area contributed by atoms with E-state index >= 15 is 0 Å². The standard InChI is InChI=1S/C10H18N2O2/c1-3-9(13)11-7-5-6-8-12-10(14)4-2/h3H,1,4-8H2,2H3,(H,11,13)(H,12,14). The number of unbranched alkanes of at least 4 members (excludes halogenated alkanes) is 1. The monoisotopic (exact) mass is 198 g/mol. The highest BCUT2D eigenvalue weighted by Gasteiger charge is 1.95. The molecule has 2 N–H and O–H groups in total. The minimum Gasteiger partial charge on any atom is -0.356 e. The van der Waals surface area contributed by atoms with Gasteiger partial charge in [-0.3, -0.25) is 9.59 Å². The number of carbonyl (C=O) groups excluding carboxylic acids is 2. The smallest absolute Gasteiger partial charge is 0.243 e. The molecular weight excluding hydrogens is 180 g/mol. The van der Waals surface area contributed by atoms with E-state index in [4.69, 9.17) is 0 Å². The summed E-state index contributed by atoms with van der Waals surface area (Å²) < 4.78 is 0. The summed E-state index contributed by atoms with van der Waals surface area (Å²) >= 11 is 0. The molecule has 0 radical (unpaired) electrons. The van der Waals surface area contributed by atoms with Gasteiger partial charge in [0, 0.05) is 19.5 Å². The van der Waals surface area contributed by atoms with Crippen LogP contribution in [0.2, 0.25) is 0 Å². The van der Waals surface area contributed by atoms with Crippen molar-refractivity contribution in [3.8, 4) is 0 Å². The van der Waals surface area contributed by atoms with Crippen molar-refractivity contribution >= 4 is 11.8 Å². The molecule has 0 saturated heterocycles. The number of hydrogen-bond donors (Lipinski definition) is 2. The van der Waals surface area contributed by atoms with E-state index < -0.39 is 0 Å². The molecule has 0 aliphatic heterocycles. The normalized spacial score (nSPS) is 9.21. The van der Waals surface area contributed by atoms with E-state index in [1.165, 1.54) is 6.08 Å². The predicted octanol–water partition coefficient (Wildman–Crippen LogP) is 0.595. The van der Waals surface area contributed by atoms with Gasteiger partial charge in [-0.1, -0.05) is 13.5 Å². The second kappa shape index (κ2) is 8.29. The lowest BCUT2D eigenvalue weighted by Gasteiger charge is -2.03. The van der Waals surface area contributed by atoms with Crippen LogP contribution < -0.4 is 10.6 Å². The van der Waals surface area contributed by atoms with Crippen LogP contribution in [-0.4, -0.2) is 24.9 Å². The van der Waals surface area contributed by atoms with Gasteiger partial charge in [-0.25, -0.2) is 0 Å². The summed E-state index contributed by atoms with van der Waals surface area (Å²) in [6.07, 6.45) is 3.51. The van der Waals surface area contributed by atoms with E-state index in [0.717, 1.165) is 12.8 Å². The van der Waals surface area contributed by atoms with Crippen molar-refractivity contribution in [2.24, 2.45) is 0 Å². The van der Waals surface area contributed by atoms with Crippen molar-refractivity contribution < 1.29 is 9.59 Å². The lowest BCUT2D eigenvalue weighted by molar-refractivity contribution is -0.121. The number of carbonyl (C=O) groups is 2. The minimum atomic E-state index is -0.150. The Labute approximate surface area is 84.8 Å². The molecule has 0 atom stereocenters. The van der Waals surface area contributed by atoms with Crippen LogP contribution in [0.4, 0.5) is 0 Å². The molecular formula is C10H18N2O2. The second-order valence-electron chi connectivity index (χ2n) is 2.91. The maximum absolute atomic E-state index is 10.8. The van der Waals surface area contributed by atoms with Gasteiger partial charge < -0.3 is 10.6 Å². The van der Waals surface area contributed by atoms with Crippen molar-refractivity contribution in [2.45, 2.75) is 26.2 Å². The summed E-state index contributed by atoms with van der Waals surface area (Å²) in [6.45, 7) is 6.47. The van der Waals surface area contributed by atoms with Crippen LogP contribution in [0, 0.1) is 0 Å². The van der Waals surface area contributed by atoms with Crippen LogP contribution in [0.3, 0.4) is 0 Å². The average molecular weight is 198 g/mol. The zero-order valence-electron chi connectivity index (χ0n) is 8.64. The van der Waals surface area contributed by atoms with Crippen LogP contribution in [0.25, 0.3) is 0 Å². The molecule has 0 fully saturated rings. The second-order valence-corrected chi connectivity index (χ2v) is 2.91. The zero-order valence-corrected chi connectivity index (χ0v) is 8.64. The van der Waals surface area contributed by atoms with Crippen molar-refractivity contribution in [1.29, 1.82) is 0 Å². The molecule has 80 valence electrons. The molecule has 0 heterocycles. The number of rotatable bonds is 7. The molecule has 0 aliphatic carbocycles. The molecule has 14 heavy (non-hydrogen) atoms. The van der Waals surface area contributed by atoms with Gasteiger partial charge in [0.05, 0.1) is 0 Å². The molecule has 0 aromatic carbocycles. The molecule has 2 amide bonds. The lowest BCUT2D eigenvalue weighted by atomic mass is 10.3. The molecule has 0 unspecified atom stereocenters. The fraction of sp³-hybridized carbons (Fsp3) is 0.600. The summed E-state index contributed by atoms with van der Waals surface area (Å²) in [7, 11) is 0. The first-order chi connectivity index (χ1) is 6.70. The van der Waals surface area contributed by atoms with Crippen LogP contribution >= 0.6 is 0 Å².